The van der Waals surface area contributed by atoms with Crippen LogP contribution in [0.5, 0.6) is 5.75 Å². The third kappa shape index (κ3) is 4.14. The number of halogens is 1. The summed E-state index contributed by atoms with van der Waals surface area (Å²) >= 11 is 5.90. The lowest BCUT2D eigenvalue weighted by Gasteiger charge is -2.15. The Kier molecular flexibility index (Phi) is 4.99. The summed E-state index contributed by atoms with van der Waals surface area (Å²) in [5.41, 5.74) is 1.45. The highest BCUT2D eigenvalue weighted by molar-refractivity contribution is 6.30. The van der Waals surface area contributed by atoms with Crippen LogP contribution in [0.4, 0.5) is 0 Å². The Hall–Kier alpha value is -2.47. The lowest BCUT2D eigenvalue weighted by Crippen LogP contribution is -2.26. The minimum Gasteiger partial charge on any atom is -0.484 e. The zero-order chi connectivity index (χ0) is 18.0. The second-order valence-corrected chi connectivity index (χ2v) is 6.50. The van der Waals surface area contributed by atoms with E-state index in [0.717, 1.165) is 18.4 Å². The van der Waals surface area contributed by atoms with E-state index in [2.05, 4.69) is 15.6 Å². The standard InChI is InChI=1S/C18H20ClN3O3/c1-10(11-3-5-12(19)6-4-11)25-15-9-14(17(23)21-13-7-8-13)22-16(15)18(24)20-2/h3-6,9-10,13,22H,7-8H2,1-2H3,(H,20,24)(H,21,23). The third-order valence-corrected chi connectivity index (χ3v) is 4.29. The van der Waals surface area contributed by atoms with Crippen LogP contribution in [0.3, 0.4) is 0 Å². The van der Waals surface area contributed by atoms with E-state index in [9.17, 15) is 9.59 Å². The van der Waals surface area contributed by atoms with Gasteiger partial charge in [0, 0.05) is 24.2 Å². The zero-order valence-corrected chi connectivity index (χ0v) is 14.8. The summed E-state index contributed by atoms with van der Waals surface area (Å²) in [6.45, 7) is 1.87. The van der Waals surface area contributed by atoms with Crippen LogP contribution in [-0.4, -0.2) is 29.9 Å². The second-order valence-electron chi connectivity index (χ2n) is 6.06. The number of carbonyl (C=O) groups excluding carboxylic acids is 2. The number of ether oxygens (including phenoxy) is 1. The van der Waals surface area contributed by atoms with E-state index in [4.69, 9.17) is 16.3 Å². The first-order valence-electron chi connectivity index (χ1n) is 8.16. The van der Waals surface area contributed by atoms with E-state index in [1.807, 2.05) is 19.1 Å². The van der Waals surface area contributed by atoms with Crippen LogP contribution in [0, 0.1) is 0 Å². The molecule has 132 valence electrons. The summed E-state index contributed by atoms with van der Waals surface area (Å²) < 4.78 is 5.93. The van der Waals surface area contributed by atoms with Crippen molar-refractivity contribution < 1.29 is 14.3 Å². The van der Waals surface area contributed by atoms with Crippen molar-refractivity contribution in [3.63, 3.8) is 0 Å². The number of aromatic amines is 1. The van der Waals surface area contributed by atoms with Gasteiger partial charge in [0.15, 0.2) is 5.75 Å². The largest absolute Gasteiger partial charge is 0.484 e. The van der Waals surface area contributed by atoms with Gasteiger partial charge in [0.1, 0.15) is 17.5 Å². The molecule has 0 bridgehead atoms. The van der Waals surface area contributed by atoms with Gasteiger partial charge in [-0.1, -0.05) is 23.7 Å². The van der Waals surface area contributed by atoms with Crippen molar-refractivity contribution in [2.45, 2.75) is 31.9 Å². The third-order valence-electron chi connectivity index (χ3n) is 4.04. The molecule has 1 fully saturated rings. The molecule has 0 radical (unpaired) electrons. The van der Waals surface area contributed by atoms with Crippen molar-refractivity contribution >= 4 is 23.4 Å². The van der Waals surface area contributed by atoms with Crippen molar-refractivity contribution in [2.24, 2.45) is 0 Å². The van der Waals surface area contributed by atoms with Crippen LogP contribution in [0.2, 0.25) is 5.02 Å². The van der Waals surface area contributed by atoms with Crippen LogP contribution in [0.25, 0.3) is 0 Å². The molecule has 6 nitrogen and oxygen atoms in total. The molecular formula is C18H20ClN3O3. The topological polar surface area (TPSA) is 83.2 Å². The number of rotatable bonds is 6. The molecule has 2 aromatic rings. The monoisotopic (exact) mass is 361 g/mol. The number of hydrogen-bond donors (Lipinski definition) is 3. The molecule has 3 rings (SSSR count). The summed E-state index contributed by atoms with van der Waals surface area (Å²) in [7, 11) is 1.53. The average Bonchev–Trinajstić information content (AvgIpc) is 3.31. The van der Waals surface area contributed by atoms with E-state index in [-0.39, 0.29) is 29.7 Å². The van der Waals surface area contributed by atoms with E-state index in [0.29, 0.717) is 16.5 Å². The molecule has 1 aliphatic carbocycles. The number of nitrogens with one attached hydrogen (secondary N) is 3. The summed E-state index contributed by atoms with van der Waals surface area (Å²) in [5, 5.41) is 6.08. The Bertz CT molecular complexity index is 781. The van der Waals surface area contributed by atoms with Gasteiger partial charge in [0.25, 0.3) is 11.8 Å². The van der Waals surface area contributed by atoms with E-state index in [1.54, 1.807) is 18.2 Å². The fraction of sp³-hybridized carbons (Fsp3) is 0.333. The summed E-state index contributed by atoms with van der Waals surface area (Å²) in [4.78, 5) is 27.2. The SMILES string of the molecule is CNC(=O)c1[nH]c(C(=O)NC2CC2)cc1OC(C)c1ccc(Cl)cc1. The average molecular weight is 362 g/mol. The Morgan fingerprint density at radius 2 is 1.92 bits per heavy atom. The van der Waals surface area contributed by atoms with Gasteiger partial charge in [-0.2, -0.15) is 0 Å². The van der Waals surface area contributed by atoms with Crippen molar-refractivity contribution in [1.82, 2.24) is 15.6 Å². The molecule has 25 heavy (non-hydrogen) atoms. The van der Waals surface area contributed by atoms with Crippen molar-refractivity contribution in [1.29, 1.82) is 0 Å². The van der Waals surface area contributed by atoms with Crippen LogP contribution < -0.4 is 15.4 Å². The van der Waals surface area contributed by atoms with Gasteiger partial charge in [0.05, 0.1) is 0 Å². The van der Waals surface area contributed by atoms with E-state index < -0.39 is 0 Å². The molecule has 2 amide bonds. The molecule has 1 heterocycles. The van der Waals surface area contributed by atoms with E-state index in [1.165, 1.54) is 7.05 Å². The molecule has 7 heteroatoms. The fourth-order valence-corrected chi connectivity index (χ4v) is 2.55. The smallest absolute Gasteiger partial charge is 0.271 e. The lowest BCUT2D eigenvalue weighted by molar-refractivity contribution is 0.0946. The number of benzene rings is 1. The number of amides is 2. The molecule has 1 saturated carbocycles. The van der Waals surface area contributed by atoms with Gasteiger partial charge in [-0.05, 0) is 37.5 Å². The Morgan fingerprint density at radius 1 is 1.24 bits per heavy atom. The highest BCUT2D eigenvalue weighted by Crippen LogP contribution is 2.28. The maximum absolute atomic E-state index is 12.2. The molecule has 1 aromatic heterocycles. The Morgan fingerprint density at radius 3 is 2.52 bits per heavy atom. The molecule has 1 aromatic carbocycles. The fourth-order valence-electron chi connectivity index (χ4n) is 2.43. The number of H-pyrrole nitrogens is 1. The van der Waals surface area contributed by atoms with Crippen LogP contribution >= 0.6 is 11.6 Å². The molecular weight excluding hydrogens is 342 g/mol. The van der Waals surface area contributed by atoms with Crippen molar-refractivity contribution in [2.75, 3.05) is 7.05 Å². The first-order valence-corrected chi connectivity index (χ1v) is 8.53. The number of carbonyl (C=O) groups is 2. The lowest BCUT2D eigenvalue weighted by atomic mass is 10.1. The maximum Gasteiger partial charge on any atom is 0.271 e. The molecule has 0 saturated heterocycles. The zero-order valence-electron chi connectivity index (χ0n) is 14.1. The summed E-state index contributed by atoms with van der Waals surface area (Å²) in [5.74, 6) is -0.242. The van der Waals surface area contributed by atoms with Crippen LogP contribution in [0.1, 0.15) is 52.4 Å². The van der Waals surface area contributed by atoms with Gasteiger partial charge in [0.2, 0.25) is 0 Å². The minimum absolute atomic E-state index is 0.226. The molecule has 1 aliphatic rings. The Labute approximate surface area is 150 Å². The van der Waals surface area contributed by atoms with Crippen LogP contribution in [-0.2, 0) is 0 Å². The molecule has 3 N–H and O–H groups in total. The van der Waals surface area contributed by atoms with Gasteiger partial charge < -0.3 is 20.4 Å². The molecule has 0 aliphatic heterocycles. The van der Waals surface area contributed by atoms with Gasteiger partial charge >= 0.3 is 0 Å². The highest BCUT2D eigenvalue weighted by Gasteiger charge is 2.26. The van der Waals surface area contributed by atoms with Gasteiger partial charge in [-0.3, -0.25) is 9.59 Å². The normalized spacial score (nSPS) is 14.7. The van der Waals surface area contributed by atoms with Crippen molar-refractivity contribution in [3.05, 3.63) is 52.3 Å². The molecule has 1 atom stereocenters. The highest BCUT2D eigenvalue weighted by atomic mass is 35.5. The second kappa shape index (κ2) is 7.19. The van der Waals surface area contributed by atoms with Crippen LogP contribution in [0.15, 0.2) is 30.3 Å². The molecule has 0 spiro atoms. The minimum atomic E-state index is -0.344. The van der Waals surface area contributed by atoms with Crippen molar-refractivity contribution in [3.8, 4) is 5.75 Å². The van der Waals surface area contributed by atoms with Gasteiger partial charge in [-0.25, -0.2) is 0 Å². The predicted molar refractivity (Wildman–Crippen MR) is 95.2 cm³/mol. The van der Waals surface area contributed by atoms with Gasteiger partial charge in [-0.15, -0.1) is 0 Å². The van der Waals surface area contributed by atoms with E-state index >= 15 is 0 Å². The number of aromatic nitrogens is 1. The molecule has 1 unspecified atom stereocenters. The quantitative estimate of drug-likeness (QED) is 0.739. The Balaban J connectivity index is 1.82. The predicted octanol–water partition coefficient (Wildman–Crippen LogP) is 3.06. The first kappa shape index (κ1) is 17.4. The first-order chi connectivity index (χ1) is 12.0. The maximum atomic E-state index is 12.2. The summed E-state index contributed by atoms with van der Waals surface area (Å²) in [6, 6.07) is 9.08. The summed E-state index contributed by atoms with van der Waals surface area (Å²) in [6.07, 6.45) is 1.67. The number of hydrogen-bond acceptors (Lipinski definition) is 3.